The Kier molecular flexibility index (Phi) is 4.77. The van der Waals surface area contributed by atoms with Crippen LogP contribution in [0.4, 0.5) is 5.82 Å². The first-order valence-electron chi connectivity index (χ1n) is 6.92. The SMILES string of the molecule is N#Cc1c(-c2ccc(Cl)cc2Cl)cc(-c2ccccc2Br)nc1N. The van der Waals surface area contributed by atoms with Crippen LogP contribution in [0.3, 0.4) is 0 Å². The summed E-state index contributed by atoms with van der Waals surface area (Å²) in [7, 11) is 0. The molecule has 118 valence electrons. The second kappa shape index (κ2) is 6.82. The van der Waals surface area contributed by atoms with E-state index in [2.05, 4.69) is 27.0 Å². The summed E-state index contributed by atoms with van der Waals surface area (Å²) in [6.07, 6.45) is 0. The average Bonchev–Trinajstić information content (AvgIpc) is 2.54. The van der Waals surface area contributed by atoms with Crippen molar-refractivity contribution in [2.75, 3.05) is 5.73 Å². The van der Waals surface area contributed by atoms with Crippen LogP contribution in [0.5, 0.6) is 0 Å². The molecule has 0 aliphatic heterocycles. The summed E-state index contributed by atoms with van der Waals surface area (Å²) >= 11 is 15.8. The Morgan fingerprint density at radius 3 is 2.42 bits per heavy atom. The molecule has 2 N–H and O–H groups in total. The summed E-state index contributed by atoms with van der Waals surface area (Å²) in [6, 6.07) is 16.7. The lowest BCUT2D eigenvalue weighted by molar-refractivity contribution is 1.30. The second-order valence-corrected chi connectivity index (χ2v) is 6.73. The van der Waals surface area contributed by atoms with Crippen LogP contribution >= 0.6 is 39.1 Å². The highest BCUT2D eigenvalue weighted by atomic mass is 79.9. The number of hydrogen-bond acceptors (Lipinski definition) is 3. The molecule has 24 heavy (non-hydrogen) atoms. The number of benzene rings is 2. The Morgan fingerprint density at radius 2 is 1.75 bits per heavy atom. The van der Waals surface area contributed by atoms with E-state index in [9.17, 15) is 5.26 Å². The van der Waals surface area contributed by atoms with Crippen LogP contribution in [0.2, 0.25) is 10.0 Å². The van der Waals surface area contributed by atoms with Gasteiger partial charge in [-0.1, -0.05) is 63.4 Å². The Balaban J connectivity index is 2.29. The molecular formula is C18H10BrCl2N3. The first-order valence-corrected chi connectivity index (χ1v) is 8.47. The van der Waals surface area contributed by atoms with Crippen LogP contribution in [0.1, 0.15) is 5.56 Å². The fraction of sp³-hybridized carbons (Fsp3) is 0. The monoisotopic (exact) mass is 417 g/mol. The fourth-order valence-electron chi connectivity index (χ4n) is 2.41. The molecule has 3 rings (SSSR count). The van der Waals surface area contributed by atoms with Crippen LogP contribution in [0, 0.1) is 11.3 Å². The van der Waals surface area contributed by atoms with Crippen molar-refractivity contribution < 1.29 is 0 Å². The number of nitriles is 1. The topological polar surface area (TPSA) is 62.7 Å². The van der Waals surface area contributed by atoms with Crippen molar-refractivity contribution >= 4 is 44.9 Å². The third-order valence-electron chi connectivity index (χ3n) is 3.53. The van der Waals surface area contributed by atoms with Gasteiger partial charge in [-0.2, -0.15) is 5.26 Å². The predicted octanol–water partition coefficient (Wildman–Crippen LogP) is 5.94. The van der Waals surface area contributed by atoms with Gasteiger partial charge in [-0.05, 0) is 24.3 Å². The predicted molar refractivity (Wildman–Crippen MR) is 102 cm³/mol. The first kappa shape index (κ1) is 16.8. The van der Waals surface area contributed by atoms with E-state index in [0.29, 0.717) is 26.9 Å². The van der Waals surface area contributed by atoms with E-state index >= 15 is 0 Å². The van der Waals surface area contributed by atoms with Gasteiger partial charge < -0.3 is 5.73 Å². The molecule has 3 nitrogen and oxygen atoms in total. The molecule has 6 heteroatoms. The third-order valence-corrected chi connectivity index (χ3v) is 4.77. The molecule has 0 saturated heterocycles. The zero-order valence-electron chi connectivity index (χ0n) is 12.2. The van der Waals surface area contributed by atoms with Gasteiger partial charge in [0, 0.05) is 31.2 Å². The van der Waals surface area contributed by atoms with Crippen molar-refractivity contribution in [2.45, 2.75) is 0 Å². The maximum Gasteiger partial charge on any atom is 0.142 e. The minimum Gasteiger partial charge on any atom is -0.383 e. The van der Waals surface area contributed by atoms with Gasteiger partial charge in [-0.25, -0.2) is 4.98 Å². The molecule has 0 aliphatic rings. The van der Waals surface area contributed by atoms with Crippen molar-refractivity contribution in [3.8, 4) is 28.5 Å². The molecule has 0 bridgehead atoms. The number of nitrogen functional groups attached to an aromatic ring is 1. The zero-order valence-corrected chi connectivity index (χ0v) is 15.3. The Bertz CT molecular complexity index is 980. The molecule has 1 heterocycles. The van der Waals surface area contributed by atoms with Crippen LogP contribution in [-0.2, 0) is 0 Å². The number of rotatable bonds is 2. The minimum absolute atomic E-state index is 0.159. The molecule has 3 aromatic rings. The lowest BCUT2D eigenvalue weighted by atomic mass is 9.98. The lowest BCUT2D eigenvalue weighted by Gasteiger charge is -2.12. The largest absolute Gasteiger partial charge is 0.383 e. The van der Waals surface area contributed by atoms with Gasteiger partial charge >= 0.3 is 0 Å². The summed E-state index contributed by atoms with van der Waals surface area (Å²) in [5, 5.41) is 10.4. The molecule has 0 fully saturated rings. The van der Waals surface area contributed by atoms with Crippen molar-refractivity contribution in [2.24, 2.45) is 0 Å². The van der Waals surface area contributed by atoms with E-state index in [-0.39, 0.29) is 11.4 Å². The average molecular weight is 419 g/mol. The molecule has 0 atom stereocenters. The number of anilines is 1. The molecule has 0 spiro atoms. The van der Waals surface area contributed by atoms with Crippen molar-refractivity contribution in [1.82, 2.24) is 4.98 Å². The normalized spacial score (nSPS) is 10.4. The molecule has 0 unspecified atom stereocenters. The molecule has 0 aliphatic carbocycles. The van der Waals surface area contributed by atoms with Crippen molar-refractivity contribution in [3.63, 3.8) is 0 Å². The van der Waals surface area contributed by atoms with E-state index in [4.69, 9.17) is 28.9 Å². The number of halogens is 3. The van der Waals surface area contributed by atoms with Crippen molar-refractivity contribution in [1.29, 1.82) is 5.26 Å². The quantitative estimate of drug-likeness (QED) is 0.560. The van der Waals surface area contributed by atoms with Gasteiger partial charge in [0.25, 0.3) is 0 Å². The molecular weight excluding hydrogens is 409 g/mol. The number of nitrogens with two attached hydrogens (primary N) is 1. The number of nitrogens with zero attached hydrogens (tertiary/aromatic N) is 2. The van der Waals surface area contributed by atoms with Gasteiger partial charge in [0.05, 0.1) is 5.69 Å². The van der Waals surface area contributed by atoms with Crippen LogP contribution < -0.4 is 5.73 Å². The Morgan fingerprint density at radius 1 is 1.00 bits per heavy atom. The van der Waals surface area contributed by atoms with Gasteiger partial charge in [0.15, 0.2) is 0 Å². The fourth-order valence-corrected chi connectivity index (χ4v) is 3.41. The Labute approximate surface area is 157 Å². The maximum atomic E-state index is 9.47. The molecule has 2 aromatic carbocycles. The summed E-state index contributed by atoms with van der Waals surface area (Å²) < 4.78 is 0.884. The summed E-state index contributed by atoms with van der Waals surface area (Å²) in [5.74, 6) is 0.159. The van der Waals surface area contributed by atoms with Crippen LogP contribution in [0.25, 0.3) is 22.4 Å². The van der Waals surface area contributed by atoms with E-state index in [1.807, 2.05) is 30.3 Å². The van der Waals surface area contributed by atoms with Gasteiger partial charge in [0.2, 0.25) is 0 Å². The van der Waals surface area contributed by atoms with Crippen LogP contribution in [-0.4, -0.2) is 4.98 Å². The zero-order chi connectivity index (χ0) is 17.3. The van der Waals surface area contributed by atoms with Gasteiger partial charge in [-0.3, -0.25) is 0 Å². The maximum absolute atomic E-state index is 9.47. The molecule has 0 saturated carbocycles. The standard InChI is InChI=1S/C18H10BrCl2N3/c19-15-4-2-1-3-12(15)17-8-13(14(9-22)18(23)24-17)11-6-5-10(20)7-16(11)21/h1-8H,(H2,23,24). The number of pyridine rings is 1. The summed E-state index contributed by atoms with van der Waals surface area (Å²) in [5.41, 5.74) is 9.14. The number of hydrogen-bond donors (Lipinski definition) is 1. The highest BCUT2D eigenvalue weighted by Gasteiger charge is 2.16. The highest BCUT2D eigenvalue weighted by Crippen LogP contribution is 2.37. The van der Waals surface area contributed by atoms with Gasteiger partial charge in [0.1, 0.15) is 17.5 Å². The molecule has 0 amide bonds. The van der Waals surface area contributed by atoms with E-state index in [0.717, 1.165) is 10.0 Å². The Hall–Kier alpha value is -2.06. The van der Waals surface area contributed by atoms with E-state index in [1.165, 1.54) is 0 Å². The smallest absolute Gasteiger partial charge is 0.142 e. The molecule has 1 aromatic heterocycles. The van der Waals surface area contributed by atoms with Gasteiger partial charge in [-0.15, -0.1) is 0 Å². The van der Waals surface area contributed by atoms with E-state index in [1.54, 1.807) is 18.2 Å². The second-order valence-electron chi connectivity index (χ2n) is 5.03. The first-order chi connectivity index (χ1) is 11.5. The molecule has 0 radical (unpaired) electrons. The highest BCUT2D eigenvalue weighted by molar-refractivity contribution is 9.10. The third kappa shape index (κ3) is 3.11. The van der Waals surface area contributed by atoms with Crippen LogP contribution in [0.15, 0.2) is 53.0 Å². The minimum atomic E-state index is 0.159. The summed E-state index contributed by atoms with van der Waals surface area (Å²) in [6.45, 7) is 0. The lowest BCUT2D eigenvalue weighted by Crippen LogP contribution is -2.00. The van der Waals surface area contributed by atoms with Crippen molar-refractivity contribution in [3.05, 3.63) is 68.6 Å². The summed E-state index contributed by atoms with van der Waals surface area (Å²) in [4.78, 5) is 4.36. The number of aromatic nitrogens is 1. The van der Waals surface area contributed by atoms with E-state index < -0.39 is 0 Å².